The predicted molar refractivity (Wildman–Crippen MR) is 107 cm³/mol. The average Bonchev–Trinajstić information content (AvgIpc) is 2.65. The molecule has 27 heavy (non-hydrogen) atoms. The number of rotatable bonds is 5. The van der Waals surface area contributed by atoms with Crippen LogP contribution in [0.3, 0.4) is 0 Å². The van der Waals surface area contributed by atoms with Crippen LogP contribution in [0, 0.1) is 13.8 Å². The van der Waals surface area contributed by atoms with Crippen molar-refractivity contribution < 1.29 is 9.53 Å². The van der Waals surface area contributed by atoms with Crippen LogP contribution in [0.1, 0.15) is 21.6 Å². The minimum Gasteiger partial charge on any atom is -0.495 e. The maximum Gasteiger partial charge on any atom is 0.274 e. The fourth-order valence-corrected chi connectivity index (χ4v) is 2.69. The highest BCUT2D eigenvalue weighted by Gasteiger charge is 2.13. The number of anilines is 3. The molecule has 1 heterocycles. The molecule has 0 fully saturated rings. The molecule has 3 rings (SSSR count). The number of aromatic nitrogens is 2. The molecule has 0 spiro atoms. The van der Waals surface area contributed by atoms with Gasteiger partial charge in [0.05, 0.1) is 12.8 Å². The molecule has 6 nitrogen and oxygen atoms in total. The van der Waals surface area contributed by atoms with Gasteiger partial charge in [0.25, 0.3) is 5.91 Å². The van der Waals surface area contributed by atoms with Crippen LogP contribution in [0.5, 0.6) is 5.75 Å². The Kier molecular flexibility index (Phi) is 5.57. The Morgan fingerprint density at radius 3 is 2.63 bits per heavy atom. The number of hydrogen-bond acceptors (Lipinski definition) is 5. The summed E-state index contributed by atoms with van der Waals surface area (Å²) in [6.45, 7) is 4.02. The molecule has 138 valence electrons. The normalized spacial score (nSPS) is 10.4. The maximum atomic E-state index is 12.6. The Labute approximate surface area is 162 Å². The van der Waals surface area contributed by atoms with Gasteiger partial charge < -0.3 is 15.4 Å². The van der Waals surface area contributed by atoms with E-state index in [-0.39, 0.29) is 11.6 Å². The Morgan fingerprint density at radius 2 is 1.85 bits per heavy atom. The highest BCUT2D eigenvalue weighted by molar-refractivity contribution is 6.31. The zero-order valence-corrected chi connectivity index (χ0v) is 16.0. The van der Waals surface area contributed by atoms with Crippen LogP contribution in [-0.2, 0) is 0 Å². The van der Waals surface area contributed by atoms with Crippen molar-refractivity contribution in [2.45, 2.75) is 13.8 Å². The van der Waals surface area contributed by atoms with Gasteiger partial charge in [-0.25, -0.2) is 9.97 Å². The quantitative estimate of drug-likeness (QED) is 0.665. The zero-order chi connectivity index (χ0) is 19.4. The molecule has 0 aliphatic carbocycles. The summed E-state index contributed by atoms with van der Waals surface area (Å²) in [6.07, 6.45) is 1.34. The van der Waals surface area contributed by atoms with E-state index < -0.39 is 0 Å². The van der Waals surface area contributed by atoms with E-state index in [4.69, 9.17) is 16.3 Å². The second kappa shape index (κ2) is 8.05. The number of nitrogens with one attached hydrogen (secondary N) is 2. The molecule has 7 heteroatoms. The van der Waals surface area contributed by atoms with Crippen LogP contribution in [0.4, 0.5) is 17.2 Å². The first-order valence-corrected chi connectivity index (χ1v) is 8.65. The second-order valence-corrected chi connectivity index (χ2v) is 6.47. The fraction of sp³-hybridized carbons (Fsp3) is 0.150. The highest BCUT2D eigenvalue weighted by Crippen LogP contribution is 2.28. The van der Waals surface area contributed by atoms with E-state index in [2.05, 4.69) is 20.6 Å². The third-order valence-electron chi connectivity index (χ3n) is 3.97. The Morgan fingerprint density at radius 1 is 1.04 bits per heavy atom. The number of halogens is 1. The van der Waals surface area contributed by atoms with E-state index in [0.29, 0.717) is 22.3 Å². The summed E-state index contributed by atoms with van der Waals surface area (Å²) >= 11 is 6.00. The average molecular weight is 383 g/mol. The molecule has 0 unspecified atom stereocenters. The van der Waals surface area contributed by atoms with Crippen molar-refractivity contribution in [2.24, 2.45) is 0 Å². The number of benzene rings is 2. The van der Waals surface area contributed by atoms with Crippen LogP contribution in [0.15, 0.2) is 48.8 Å². The fourth-order valence-electron chi connectivity index (χ4n) is 2.52. The van der Waals surface area contributed by atoms with E-state index in [0.717, 1.165) is 16.8 Å². The second-order valence-electron chi connectivity index (χ2n) is 6.03. The van der Waals surface area contributed by atoms with Crippen molar-refractivity contribution in [1.29, 1.82) is 0 Å². The van der Waals surface area contributed by atoms with Crippen molar-refractivity contribution >= 4 is 34.7 Å². The van der Waals surface area contributed by atoms with E-state index in [9.17, 15) is 4.79 Å². The number of aryl methyl sites for hydroxylation is 2. The van der Waals surface area contributed by atoms with Crippen LogP contribution in [0.2, 0.25) is 5.02 Å². The van der Waals surface area contributed by atoms with Gasteiger partial charge in [-0.3, -0.25) is 4.79 Å². The summed E-state index contributed by atoms with van der Waals surface area (Å²) in [5.74, 6) is 0.652. The van der Waals surface area contributed by atoms with Gasteiger partial charge in [0.1, 0.15) is 23.6 Å². The first-order chi connectivity index (χ1) is 13.0. The van der Waals surface area contributed by atoms with Crippen molar-refractivity contribution in [3.8, 4) is 5.75 Å². The minimum absolute atomic E-state index is 0.222. The molecule has 1 aromatic heterocycles. The standard InChI is InChI=1S/C20H19ClN4O2/c1-12-4-5-13(2)15(8-12)24-19-10-17(22-11-23-19)20(26)25-16-9-14(21)6-7-18(16)27-3/h4-11H,1-3H3,(H,25,26)(H,22,23,24). The molecule has 0 atom stereocenters. The van der Waals surface area contributed by atoms with Gasteiger partial charge in [0.2, 0.25) is 0 Å². The Hall–Kier alpha value is -3.12. The molecule has 3 aromatic rings. The Balaban J connectivity index is 1.82. The van der Waals surface area contributed by atoms with E-state index in [1.165, 1.54) is 13.4 Å². The lowest BCUT2D eigenvalue weighted by Crippen LogP contribution is -2.15. The largest absolute Gasteiger partial charge is 0.495 e. The van der Waals surface area contributed by atoms with Crippen molar-refractivity contribution in [2.75, 3.05) is 17.7 Å². The van der Waals surface area contributed by atoms with Gasteiger partial charge in [-0.15, -0.1) is 0 Å². The summed E-state index contributed by atoms with van der Waals surface area (Å²) in [4.78, 5) is 20.8. The van der Waals surface area contributed by atoms with E-state index >= 15 is 0 Å². The van der Waals surface area contributed by atoms with E-state index in [1.807, 2.05) is 32.0 Å². The molecule has 0 saturated carbocycles. The number of nitrogens with zero attached hydrogens (tertiary/aromatic N) is 2. The SMILES string of the molecule is COc1ccc(Cl)cc1NC(=O)c1cc(Nc2cc(C)ccc2C)ncn1. The van der Waals surface area contributed by atoms with E-state index in [1.54, 1.807) is 24.3 Å². The first-order valence-electron chi connectivity index (χ1n) is 8.27. The minimum atomic E-state index is -0.387. The summed E-state index contributed by atoms with van der Waals surface area (Å²) in [6, 6.07) is 12.7. The van der Waals surface area contributed by atoms with Crippen LogP contribution >= 0.6 is 11.6 Å². The number of carbonyl (C=O) groups excluding carboxylic acids is 1. The smallest absolute Gasteiger partial charge is 0.274 e. The van der Waals surface area contributed by atoms with Gasteiger partial charge in [-0.1, -0.05) is 23.7 Å². The summed E-state index contributed by atoms with van der Waals surface area (Å²) in [5.41, 5.74) is 3.83. The van der Waals surface area contributed by atoms with Crippen molar-refractivity contribution in [3.63, 3.8) is 0 Å². The molecule has 0 saturated heterocycles. The molecular weight excluding hydrogens is 364 g/mol. The molecule has 2 N–H and O–H groups in total. The summed E-state index contributed by atoms with van der Waals surface area (Å²) in [5, 5.41) is 6.48. The van der Waals surface area contributed by atoms with Crippen LogP contribution < -0.4 is 15.4 Å². The lowest BCUT2D eigenvalue weighted by molar-refractivity contribution is 0.102. The van der Waals surface area contributed by atoms with Crippen molar-refractivity contribution in [1.82, 2.24) is 9.97 Å². The summed E-state index contributed by atoms with van der Waals surface area (Å²) < 4.78 is 5.25. The predicted octanol–water partition coefficient (Wildman–Crippen LogP) is 4.75. The van der Waals surface area contributed by atoms with Gasteiger partial charge in [0, 0.05) is 16.8 Å². The van der Waals surface area contributed by atoms with Gasteiger partial charge in [-0.2, -0.15) is 0 Å². The topological polar surface area (TPSA) is 76.1 Å². The Bertz CT molecular complexity index is 991. The number of ether oxygens (including phenoxy) is 1. The molecule has 2 aromatic carbocycles. The number of methoxy groups -OCH3 is 1. The van der Waals surface area contributed by atoms with Gasteiger partial charge in [0.15, 0.2) is 0 Å². The molecule has 0 radical (unpaired) electrons. The zero-order valence-electron chi connectivity index (χ0n) is 15.2. The lowest BCUT2D eigenvalue weighted by atomic mass is 10.1. The molecular formula is C20H19ClN4O2. The molecule has 1 amide bonds. The number of hydrogen-bond donors (Lipinski definition) is 2. The van der Waals surface area contributed by atoms with Crippen LogP contribution in [-0.4, -0.2) is 23.0 Å². The highest BCUT2D eigenvalue weighted by atomic mass is 35.5. The van der Waals surface area contributed by atoms with Gasteiger partial charge in [-0.05, 0) is 49.2 Å². The monoisotopic (exact) mass is 382 g/mol. The van der Waals surface area contributed by atoms with Gasteiger partial charge >= 0.3 is 0 Å². The molecule has 0 bridgehead atoms. The third kappa shape index (κ3) is 4.54. The van der Waals surface area contributed by atoms with Crippen molar-refractivity contribution in [3.05, 3.63) is 70.6 Å². The maximum absolute atomic E-state index is 12.6. The number of carbonyl (C=O) groups is 1. The lowest BCUT2D eigenvalue weighted by Gasteiger charge is -2.12. The number of amides is 1. The third-order valence-corrected chi connectivity index (χ3v) is 4.20. The van der Waals surface area contributed by atoms with Crippen LogP contribution in [0.25, 0.3) is 0 Å². The molecule has 0 aliphatic heterocycles. The molecule has 0 aliphatic rings. The summed E-state index contributed by atoms with van der Waals surface area (Å²) in [7, 11) is 1.52. The first kappa shape index (κ1) is 18.7.